The van der Waals surface area contributed by atoms with E-state index in [9.17, 15) is 14.4 Å². The van der Waals surface area contributed by atoms with Gasteiger partial charge in [0.15, 0.2) is 0 Å². The summed E-state index contributed by atoms with van der Waals surface area (Å²) >= 11 is 0. The van der Waals surface area contributed by atoms with E-state index in [1.54, 1.807) is 6.92 Å². The van der Waals surface area contributed by atoms with Crippen molar-refractivity contribution in [3.8, 4) is 0 Å². The Hall–Kier alpha value is -3.15. The fourth-order valence-corrected chi connectivity index (χ4v) is 1.20. The summed E-state index contributed by atoms with van der Waals surface area (Å²) < 4.78 is 13.7. The summed E-state index contributed by atoms with van der Waals surface area (Å²) in [6, 6.07) is 9.55. The van der Waals surface area contributed by atoms with Gasteiger partial charge >= 0.3 is 17.9 Å². The highest BCUT2D eigenvalue weighted by Gasteiger charge is 2.13. The van der Waals surface area contributed by atoms with E-state index >= 15 is 0 Å². The maximum Gasteiger partial charge on any atom is 0.373 e. The van der Waals surface area contributed by atoms with Gasteiger partial charge in [0.05, 0.1) is 7.11 Å². The van der Waals surface area contributed by atoms with E-state index in [2.05, 4.69) is 29.2 Å². The molecule has 134 valence electrons. The number of rotatable bonds is 6. The predicted molar refractivity (Wildman–Crippen MR) is 93.1 cm³/mol. The van der Waals surface area contributed by atoms with E-state index in [-0.39, 0.29) is 17.3 Å². The van der Waals surface area contributed by atoms with Crippen molar-refractivity contribution >= 4 is 17.9 Å². The molecule has 0 aliphatic carbocycles. The summed E-state index contributed by atoms with van der Waals surface area (Å²) in [4.78, 5) is 32.4. The molecule has 0 aromatic heterocycles. The summed E-state index contributed by atoms with van der Waals surface area (Å²) in [5.74, 6) is -2.15. The van der Waals surface area contributed by atoms with Crippen LogP contribution in [0.4, 0.5) is 0 Å². The Bertz CT molecular complexity index is 658. The predicted octanol–water partition coefficient (Wildman–Crippen LogP) is 3.10. The molecule has 1 rings (SSSR count). The van der Waals surface area contributed by atoms with Gasteiger partial charge in [0, 0.05) is 11.1 Å². The highest BCUT2D eigenvalue weighted by atomic mass is 16.6. The maximum absolute atomic E-state index is 11.0. The van der Waals surface area contributed by atoms with Gasteiger partial charge in [-0.25, -0.2) is 14.4 Å². The molecule has 0 aliphatic heterocycles. The first-order valence-corrected chi connectivity index (χ1v) is 7.20. The maximum atomic E-state index is 11.0. The van der Waals surface area contributed by atoms with Crippen molar-refractivity contribution in [3.63, 3.8) is 0 Å². The van der Waals surface area contributed by atoms with Gasteiger partial charge in [0.25, 0.3) is 0 Å². The zero-order chi connectivity index (χ0) is 19.4. The lowest BCUT2D eigenvalue weighted by Gasteiger charge is -2.03. The lowest BCUT2D eigenvalue weighted by molar-refractivity contribution is -0.147. The van der Waals surface area contributed by atoms with Gasteiger partial charge in [-0.2, -0.15) is 0 Å². The van der Waals surface area contributed by atoms with Crippen LogP contribution in [-0.2, 0) is 35.2 Å². The van der Waals surface area contributed by atoms with Crippen molar-refractivity contribution in [2.45, 2.75) is 20.5 Å². The number of ether oxygens (including phenoxy) is 3. The van der Waals surface area contributed by atoms with Crippen molar-refractivity contribution in [2.24, 2.45) is 0 Å². The van der Waals surface area contributed by atoms with Gasteiger partial charge in [0.1, 0.15) is 6.61 Å². The highest BCUT2D eigenvalue weighted by molar-refractivity contribution is 5.93. The summed E-state index contributed by atoms with van der Waals surface area (Å²) in [5, 5.41) is 0. The van der Waals surface area contributed by atoms with Crippen LogP contribution in [0, 0.1) is 0 Å². The highest BCUT2D eigenvalue weighted by Crippen LogP contribution is 2.03. The fourth-order valence-electron chi connectivity index (χ4n) is 1.20. The summed E-state index contributed by atoms with van der Waals surface area (Å²) in [6.45, 7) is 13.4. The van der Waals surface area contributed by atoms with Crippen molar-refractivity contribution in [2.75, 3.05) is 7.11 Å². The topological polar surface area (TPSA) is 78.9 Å². The molecule has 0 aliphatic rings. The minimum Gasteiger partial charge on any atom is -0.463 e. The van der Waals surface area contributed by atoms with Crippen LogP contribution in [0.25, 0.3) is 0 Å². The number of carbonyl (C=O) groups is 3. The SMILES string of the molecule is C=C(C)C(=O)OC(=C)C(=O)OC.C=C(C)C(=O)OCc1ccccc1. The smallest absolute Gasteiger partial charge is 0.373 e. The second kappa shape index (κ2) is 11.4. The number of carbonyl (C=O) groups excluding carboxylic acids is 3. The van der Waals surface area contributed by atoms with E-state index in [4.69, 9.17) is 4.74 Å². The van der Waals surface area contributed by atoms with Crippen LogP contribution in [0.1, 0.15) is 19.4 Å². The average molecular weight is 346 g/mol. The Morgan fingerprint density at radius 1 is 0.880 bits per heavy atom. The minimum atomic E-state index is -0.774. The second-order valence-electron chi connectivity index (χ2n) is 4.93. The Labute approximate surface area is 147 Å². The normalized spacial score (nSPS) is 8.92. The van der Waals surface area contributed by atoms with E-state index in [0.717, 1.165) is 5.56 Å². The molecule has 0 bridgehead atoms. The Morgan fingerprint density at radius 3 is 1.84 bits per heavy atom. The van der Waals surface area contributed by atoms with Crippen molar-refractivity contribution in [1.82, 2.24) is 0 Å². The molecule has 6 nitrogen and oxygen atoms in total. The van der Waals surface area contributed by atoms with Crippen LogP contribution in [0.3, 0.4) is 0 Å². The molecule has 0 saturated heterocycles. The van der Waals surface area contributed by atoms with E-state index in [1.165, 1.54) is 14.0 Å². The van der Waals surface area contributed by atoms with Crippen LogP contribution >= 0.6 is 0 Å². The molecule has 0 radical (unpaired) electrons. The lowest BCUT2D eigenvalue weighted by Crippen LogP contribution is -2.12. The quantitative estimate of drug-likeness (QED) is 0.341. The molecule has 0 saturated carbocycles. The molecule has 25 heavy (non-hydrogen) atoms. The number of hydrogen-bond donors (Lipinski definition) is 0. The second-order valence-corrected chi connectivity index (χ2v) is 4.93. The molecule has 0 spiro atoms. The molecule has 0 heterocycles. The Balaban J connectivity index is 0.000000463. The molecule has 0 unspecified atom stereocenters. The van der Waals surface area contributed by atoms with Crippen molar-refractivity contribution in [1.29, 1.82) is 0 Å². The monoisotopic (exact) mass is 346 g/mol. The van der Waals surface area contributed by atoms with Gasteiger partial charge in [-0.05, 0) is 26.0 Å². The van der Waals surface area contributed by atoms with Crippen LogP contribution in [-0.4, -0.2) is 25.0 Å². The van der Waals surface area contributed by atoms with Crippen molar-refractivity contribution in [3.05, 3.63) is 72.5 Å². The molecule has 1 aromatic carbocycles. The fraction of sp³-hybridized carbons (Fsp3) is 0.211. The first-order valence-electron chi connectivity index (χ1n) is 7.20. The molecule has 0 N–H and O–H groups in total. The molecular formula is C19H22O6. The van der Waals surface area contributed by atoms with Crippen LogP contribution < -0.4 is 0 Å². The van der Waals surface area contributed by atoms with E-state index in [0.29, 0.717) is 12.2 Å². The van der Waals surface area contributed by atoms with Gasteiger partial charge in [-0.15, -0.1) is 0 Å². The summed E-state index contributed by atoms with van der Waals surface area (Å²) in [7, 11) is 1.17. The van der Waals surface area contributed by atoms with Crippen LogP contribution in [0.2, 0.25) is 0 Å². The van der Waals surface area contributed by atoms with Crippen LogP contribution in [0.15, 0.2) is 67.0 Å². The van der Waals surface area contributed by atoms with Gasteiger partial charge in [0.2, 0.25) is 5.76 Å². The zero-order valence-corrected chi connectivity index (χ0v) is 14.7. The molecular weight excluding hydrogens is 324 g/mol. The number of benzene rings is 1. The Kier molecular flexibility index (Phi) is 9.96. The van der Waals surface area contributed by atoms with Gasteiger partial charge in [-0.3, -0.25) is 0 Å². The number of hydrogen-bond acceptors (Lipinski definition) is 6. The molecule has 0 amide bonds. The molecule has 1 aromatic rings. The zero-order valence-electron chi connectivity index (χ0n) is 14.7. The summed E-state index contributed by atoms with van der Waals surface area (Å²) in [6.07, 6.45) is 0. The van der Waals surface area contributed by atoms with Crippen molar-refractivity contribution < 1.29 is 28.6 Å². The number of methoxy groups -OCH3 is 1. The third-order valence-corrected chi connectivity index (χ3v) is 2.54. The number of esters is 3. The lowest BCUT2D eigenvalue weighted by atomic mass is 10.2. The van der Waals surface area contributed by atoms with Gasteiger partial charge < -0.3 is 14.2 Å². The van der Waals surface area contributed by atoms with Gasteiger partial charge in [-0.1, -0.05) is 43.5 Å². The third kappa shape index (κ3) is 9.55. The average Bonchev–Trinajstić information content (AvgIpc) is 2.59. The molecule has 0 fully saturated rings. The minimum absolute atomic E-state index is 0.194. The first kappa shape index (κ1) is 21.9. The summed E-state index contributed by atoms with van der Waals surface area (Å²) in [5.41, 5.74) is 1.60. The van der Waals surface area contributed by atoms with Crippen LogP contribution in [0.5, 0.6) is 0 Å². The standard InChI is InChI=1S/C11H12O2.C8H10O4/c1-9(2)11(12)13-8-10-6-4-3-5-7-10;1-5(2)7(9)12-6(3)8(10)11-4/h3-7H,1,8H2,2H3;1,3H2,2,4H3. The first-order chi connectivity index (χ1) is 11.7. The molecule has 0 atom stereocenters. The van der Waals surface area contributed by atoms with E-state index < -0.39 is 11.9 Å². The largest absolute Gasteiger partial charge is 0.463 e. The Morgan fingerprint density at radius 2 is 1.40 bits per heavy atom. The third-order valence-electron chi connectivity index (χ3n) is 2.54. The van der Waals surface area contributed by atoms with E-state index in [1.807, 2.05) is 30.3 Å². The molecule has 6 heteroatoms.